The number of H-pyrrole nitrogens is 1. The molecule has 94 valence electrons. The fourth-order valence-corrected chi connectivity index (χ4v) is 2.35. The van der Waals surface area contributed by atoms with E-state index in [4.69, 9.17) is 4.74 Å². The van der Waals surface area contributed by atoms with Crippen molar-refractivity contribution in [2.45, 2.75) is 18.9 Å². The summed E-state index contributed by atoms with van der Waals surface area (Å²) in [6, 6.07) is 8.39. The molecule has 2 heterocycles. The van der Waals surface area contributed by atoms with Crippen molar-refractivity contribution in [3.8, 4) is 17.0 Å². The molecule has 3 rings (SSSR count). The summed E-state index contributed by atoms with van der Waals surface area (Å²) in [5.74, 6) is 1.91. The van der Waals surface area contributed by atoms with Gasteiger partial charge in [-0.05, 0) is 49.2 Å². The minimum Gasteiger partial charge on any atom is -0.497 e. The minimum atomic E-state index is 0.386. The van der Waals surface area contributed by atoms with Crippen LogP contribution in [0, 0.1) is 0 Å². The first-order chi connectivity index (χ1) is 8.86. The van der Waals surface area contributed by atoms with Crippen LogP contribution >= 0.6 is 0 Å². The number of imidazole rings is 1. The van der Waals surface area contributed by atoms with Gasteiger partial charge in [0.25, 0.3) is 0 Å². The van der Waals surface area contributed by atoms with E-state index in [1.54, 1.807) is 7.11 Å². The molecule has 0 unspecified atom stereocenters. The van der Waals surface area contributed by atoms with Crippen LogP contribution in [0.3, 0.4) is 0 Å². The lowest BCUT2D eigenvalue weighted by atomic mass is 10.1. The molecule has 4 heteroatoms. The van der Waals surface area contributed by atoms with Crippen molar-refractivity contribution in [2.75, 3.05) is 13.7 Å². The average Bonchev–Trinajstić information content (AvgIpc) is 3.09. The monoisotopic (exact) mass is 243 g/mol. The third-order valence-corrected chi connectivity index (χ3v) is 3.39. The third-order valence-electron chi connectivity index (χ3n) is 3.39. The number of benzene rings is 1. The van der Waals surface area contributed by atoms with Gasteiger partial charge < -0.3 is 15.0 Å². The van der Waals surface area contributed by atoms with Crippen LogP contribution in [0.15, 0.2) is 30.5 Å². The number of rotatable bonds is 3. The summed E-state index contributed by atoms with van der Waals surface area (Å²) in [6.45, 7) is 1.09. The highest BCUT2D eigenvalue weighted by atomic mass is 16.5. The van der Waals surface area contributed by atoms with E-state index in [0.29, 0.717) is 6.04 Å². The Morgan fingerprint density at radius 3 is 2.78 bits per heavy atom. The summed E-state index contributed by atoms with van der Waals surface area (Å²) in [5, 5.41) is 3.44. The largest absolute Gasteiger partial charge is 0.497 e. The van der Waals surface area contributed by atoms with Crippen molar-refractivity contribution in [2.24, 2.45) is 0 Å². The van der Waals surface area contributed by atoms with Crippen LogP contribution < -0.4 is 10.1 Å². The number of aromatic amines is 1. The summed E-state index contributed by atoms with van der Waals surface area (Å²) in [5.41, 5.74) is 2.19. The van der Waals surface area contributed by atoms with Gasteiger partial charge in [-0.1, -0.05) is 0 Å². The standard InChI is InChI=1S/C14H17N3O/c1-18-11-6-4-10(5-7-11)13-9-16-14(17-13)12-3-2-8-15-12/h4-7,9,12,15H,2-3,8H2,1H3,(H,16,17)/t12-/m0/s1. The van der Waals surface area contributed by atoms with Crippen molar-refractivity contribution < 1.29 is 4.74 Å². The predicted octanol–water partition coefficient (Wildman–Crippen LogP) is 2.51. The first-order valence-electron chi connectivity index (χ1n) is 6.29. The highest BCUT2D eigenvalue weighted by Gasteiger charge is 2.19. The zero-order valence-electron chi connectivity index (χ0n) is 10.4. The summed E-state index contributed by atoms with van der Waals surface area (Å²) in [7, 11) is 1.68. The predicted molar refractivity (Wildman–Crippen MR) is 70.6 cm³/mol. The van der Waals surface area contributed by atoms with Gasteiger partial charge in [0.2, 0.25) is 0 Å². The van der Waals surface area contributed by atoms with Crippen LogP contribution in [0.25, 0.3) is 11.3 Å². The fourth-order valence-electron chi connectivity index (χ4n) is 2.35. The summed E-state index contributed by atoms with van der Waals surface area (Å²) >= 11 is 0. The van der Waals surface area contributed by atoms with Crippen LogP contribution in [0.1, 0.15) is 24.7 Å². The summed E-state index contributed by atoms with van der Waals surface area (Å²) in [6.07, 6.45) is 4.29. The molecule has 0 spiro atoms. The summed E-state index contributed by atoms with van der Waals surface area (Å²) in [4.78, 5) is 7.86. The lowest BCUT2D eigenvalue weighted by molar-refractivity contribution is 0.415. The molecule has 2 N–H and O–H groups in total. The minimum absolute atomic E-state index is 0.386. The Bertz CT molecular complexity index is 512. The third kappa shape index (κ3) is 2.11. The van der Waals surface area contributed by atoms with Crippen molar-refractivity contribution in [3.63, 3.8) is 0 Å². The van der Waals surface area contributed by atoms with E-state index in [-0.39, 0.29) is 0 Å². The lowest BCUT2D eigenvalue weighted by Crippen LogP contribution is -2.14. The maximum atomic E-state index is 5.16. The van der Waals surface area contributed by atoms with Crippen molar-refractivity contribution in [1.82, 2.24) is 15.3 Å². The van der Waals surface area contributed by atoms with Gasteiger partial charge in [-0.3, -0.25) is 0 Å². The molecule has 2 aromatic rings. The van der Waals surface area contributed by atoms with Gasteiger partial charge in [0.1, 0.15) is 11.6 Å². The van der Waals surface area contributed by atoms with Crippen molar-refractivity contribution in [3.05, 3.63) is 36.3 Å². The Balaban J connectivity index is 1.82. The van der Waals surface area contributed by atoms with Crippen LogP contribution in [0.5, 0.6) is 5.75 Å². The molecular weight excluding hydrogens is 226 g/mol. The quantitative estimate of drug-likeness (QED) is 0.870. The molecule has 1 aliphatic heterocycles. The Morgan fingerprint density at radius 2 is 2.11 bits per heavy atom. The molecule has 1 aliphatic rings. The zero-order valence-corrected chi connectivity index (χ0v) is 10.4. The maximum Gasteiger partial charge on any atom is 0.123 e. The number of hydrogen-bond donors (Lipinski definition) is 2. The van der Waals surface area contributed by atoms with E-state index in [1.165, 1.54) is 6.42 Å². The second kappa shape index (κ2) is 4.82. The van der Waals surface area contributed by atoms with E-state index >= 15 is 0 Å². The molecule has 18 heavy (non-hydrogen) atoms. The molecule has 0 aliphatic carbocycles. The van der Waals surface area contributed by atoms with E-state index in [1.807, 2.05) is 30.5 Å². The number of methoxy groups -OCH3 is 1. The van der Waals surface area contributed by atoms with Gasteiger partial charge in [-0.15, -0.1) is 0 Å². The number of nitrogens with one attached hydrogen (secondary N) is 2. The Morgan fingerprint density at radius 1 is 1.28 bits per heavy atom. The molecule has 0 bridgehead atoms. The number of ether oxygens (including phenoxy) is 1. The van der Waals surface area contributed by atoms with E-state index in [0.717, 1.165) is 35.8 Å². The number of nitrogens with zero attached hydrogens (tertiary/aromatic N) is 1. The molecular formula is C14H17N3O. The highest BCUT2D eigenvalue weighted by Crippen LogP contribution is 2.25. The molecule has 1 saturated heterocycles. The van der Waals surface area contributed by atoms with Gasteiger partial charge in [0.15, 0.2) is 0 Å². The SMILES string of the molecule is COc1ccc(-c2cnc([C@@H]3CCCN3)[nH]2)cc1. The van der Waals surface area contributed by atoms with Gasteiger partial charge >= 0.3 is 0 Å². The number of hydrogen-bond acceptors (Lipinski definition) is 3. The van der Waals surface area contributed by atoms with E-state index < -0.39 is 0 Å². The second-order valence-corrected chi connectivity index (χ2v) is 4.56. The van der Waals surface area contributed by atoms with Crippen LogP contribution in [0.2, 0.25) is 0 Å². The fraction of sp³-hybridized carbons (Fsp3) is 0.357. The Labute approximate surface area is 106 Å². The van der Waals surface area contributed by atoms with Gasteiger partial charge in [-0.25, -0.2) is 4.98 Å². The molecule has 1 atom stereocenters. The van der Waals surface area contributed by atoms with Gasteiger partial charge in [0.05, 0.1) is 25.0 Å². The van der Waals surface area contributed by atoms with E-state index in [9.17, 15) is 0 Å². The highest BCUT2D eigenvalue weighted by molar-refractivity contribution is 5.59. The average molecular weight is 243 g/mol. The Hall–Kier alpha value is -1.81. The van der Waals surface area contributed by atoms with E-state index in [2.05, 4.69) is 15.3 Å². The van der Waals surface area contributed by atoms with Crippen LogP contribution in [-0.2, 0) is 0 Å². The van der Waals surface area contributed by atoms with Gasteiger partial charge in [-0.2, -0.15) is 0 Å². The van der Waals surface area contributed by atoms with Gasteiger partial charge in [0, 0.05) is 0 Å². The Kier molecular flexibility index (Phi) is 3.02. The zero-order chi connectivity index (χ0) is 12.4. The van der Waals surface area contributed by atoms with Crippen molar-refractivity contribution in [1.29, 1.82) is 0 Å². The molecule has 1 aromatic heterocycles. The lowest BCUT2D eigenvalue weighted by Gasteiger charge is -2.05. The topological polar surface area (TPSA) is 49.9 Å². The number of aromatic nitrogens is 2. The molecule has 0 radical (unpaired) electrons. The second-order valence-electron chi connectivity index (χ2n) is 4.56. The molecule has 1 fully saturated rings. The summed E-state index contributed by atoms with van der Waals surface area (Å²) < 4.78 is 5.16. The first kappa shape index (κ1) is 11.3. The first-order valence-corrected chi connectivity index (χ1v) is 6.29. The van der Waals surface area contributed by atoms with Crippen molar-refractivity contribution >= 4 is 0 Å². The normalized spacial score (nSPS) is 19.1. The smallest absolute Gasteiger partial charge is 0.123 e. The molecule has 1 aromatic carbocycles. The van der Waals surface area contributed by atoms with Crippen LogP contribution in [-0.4, -0.2) is 23.6 Å². The van der Waals surface area contributed by atoms with Crippen LogP contribution in [0.4, 0.5) is 0 Å². The molecule has 0 saturated carbocycles. The molecule has 4 nitrogen and oxygen atoms in total. The molecule has 0 amide bonds. The maximum absolute atomic E-state index is 5.16.